The Hall–Kier alpha value is -0.0400. The summed E-state index contributed by atoms with van der Waals surface area (Å²) in [5, 5.41) is 0. The maximum absolute atomic E-state index is 6.04. The Morgan fingerprint density at radius 1 is 0.733 bits per heavy atom. The van der Waals surface area contributed by atoms with Gasteiger partial charge in [-0.2, -0.15) is 0 Å². The van der Waals surface area contributed by atoms with E-state index in [9.17, 15) is 0 Å². The minimum absolute atomic E-state index is 0.00347. The summed E-state index contributed by atoms with van der Waals surface area (Å²) >= 11 is 0. The summed E-state index contributed by atoms with van der Waals surface area (Å²) in [4.78, 5) is 0. The van der Waals surface area contributed by atoms with E-state index < -0.39 is 0 Å². The second kappa shape index (κ2) is 4.86. The molecule has 0 aliphatic carbocycles. The number of ether oxygens (including phenoxy) is 1. The van der Waals surface area contributed by atoms with Gasteiger partial charge in [-0.1, -0.05) is 27.2 Å². The lowest BCUT2D eigenvalue weighted by molar-refractivity contribution is -0.117. The van der Waals surface area contributed by atoms with Gasteiger partial charge < -0.3 is 4.74 Å². The molecular weight excluding hydrogens is 184 g/mol. The van der Waals surface area contributed by atoms with Crippen LogP contribution in [-0.4, -0.2) is 11.2 Å². The zero-order valence-corrected chi connectivity index (χ0v) is 12.0. The molecule has 1 heteroatoms. The number of hydrogen-bond donors (Lipinski definition) is 0. The summed E-state index contributed by atoms with van der Waals surface area (Å²) in [6.45, 7) is 17.6. The SMILES string of the molecule is CC(C)(C)CCCC(C)(C)OC(C)(C)C. The predicted molar refractivity (Wildman–Crippen MR) is 68.2 cm³/mol. The molecule has 0 aromatic rings. The average molecular weight is 214 g/mol. The molecule has 0 rings (SSSR count). The van der Waals surface area contributed by atoms with Crippen LogP contribution in [-0.2, 0) is 4.74 Å². The Bertz CT molecular complexity index is 178. The number of rotatable bonds is 4. The van der Waals surface area contributed by atoms with E-state index in [1.807, 2.05) is 0 Å². The summed E-state index contributed by atoms with van der Waals surface area (Å²) in [6.07, 6.45) is 3.65. The van der Waals surface area contributed by atoms with E-state index in [1.165, 1.54) is 12.8 Å². The molecule has 1 nitrogen and oxygen atoms in total. The molecule has 0 saturated carbocycles. The molecule has 0 aliphatic heterocycles. The van der Waals surface area contributed by atoms with Crippen molar-refractivity contribution in [2.24, 2.45) is 5.41 Å². The highest BCUT2D eigenvalue weighted by Crippen LogP contribution is 2.28. The van der Waals surface area contributed by atoms with Crippen molar-refractivity contribution in [3.8, 4) is 0 Å². The van der Waals surface area contributed by atoms with Gasteiger partial charge in [-0.15, -0.1) is 0 Å². The lowest BCUT2D eigenvalue weighted by Gasteiger charge is -2.34. The van der Waals surface area contributed by atoms with E-state index in [4.69, 9.17) is 4.74 Å². The van der Waals surface area contributed by atoms with E-state index >= 15 is 0 Å². The molecule has 0 amide bonds. The molecule has 0 spiro atoms. The molecule has 0 aliphatic rings. The maximum Gasteiger partial charge on any atom is 0.0633 e. The van der Waals surface area contributed by atoms with E-state index in [0.29, 0.717) is 5.41 Å². The van der Waals surface area contributed by atoms with Gasteiger partial charge in [0.2, 0.25) is 0 Å². The Morgan fingerprint density at radius 2 is 1.20 bits per heavy atom. The zero-order chi connectivity index (χ0) is 12.3. The molecular formula is C14H30O. The smallest absolute Gasteiger partial charge is 0.0633 e. The molecule has 0 N–H and O–H groups in total. The molecule has 0 atom stereocenters. The van der Waals surface area contributed by atoms with Crippen molar-refractivity contribution in [2.75, 3.05) is 0 Å². The van der Waals surface area contributed by atoms with Gasteiger partial charge in [0.1, 0.15) is 0 Å². The van der Waals surface area contributed by atoms with Gasteiger partial charge >= 0.3 is 0 Å². The van der Waals surface area contributed by atoms with Crippen LogP contribution in [0.1, 0.15) is 74.7 Å². The van der Waals surface area contributed by atoms with E-state index in [0.717, 1.165) is 6.42 Å². The van der Waals surface area contributed by atoms with Gasteiger partial charge in [-0.05, 0) is 52.9 Å². The molecule has 92 valence electrons. The lowest BCUT2D eigenvalue weighted by Crippen LogP contribution is -2.34. The maximum atomic E-state index is 6.04. The fourth-order valence-corrected chi connectivity index (χ4v) is 1.92. The topological polar surface area (TPSA) is 9.23 Å². The Morgan fingerprint density at radius 3 is 1.53 bits per heavy atom. The molecule has 0 aromatic carbocycles. The van der Waals surface area contributed by atoms with Crippen molar-refractivity contribution in [1.82, 2.24) is 0 Å². The van der Waals surface area contributed by atoms with Crippen LogP contribution >= 0.6 is 0 Å². The third-order valence-electron chi connectivity index (χ3n) is 2.29. The first-order valence-corrected chi connectivity index (χ1v) is 6.12. The van der Waals surface area contributed by atoms with Crippen LogP contribution in [0.3, 0.4) is 0 Å². The second-order valence-electron chi connectivity index (χ2n) is 7.39. The quantitative estimate of drug-likeness (QED) is 0.653. The first kappa shape index (κ1) is 15.0. The summed E-state index contributed by atoms with van der Waals surface area (Å²) in [5.74, 6) is 0. The first-order valence-electron chi connectivity index (χ1n) is 6.12. The summed E-state index contributed by atoms with van der Waals surface area (Å²) in [5.41, 5.74) is 0.409. The molecule has 0 bridgehead atoms. The molecule has 0 aromatic heterocycles. The van der Waals surface area contributed by atoms with Crippen LogP contribution in [0.4, 0.5) is 0 Å². The molecule has 15 heavy (non-hydrogen) atoms. The first-order chi connectivity index (χ1) is 6.41. The van der Waals surface area contributed by atoms with Crippen molar-refractivity contribution in [3.63, 3.8) is 0 Å². The van der Waals surface area contributed by atoms with E-state index in [2.05, 4.69) is 55.4 Å². The average Bonchev–Trinajstić information content (AvgIpc) is 1.75. The van der Waals surface area contributed by atoms with E-state index in [-0.39, 0.29) is 11.2 Å². The molecule has 0 saturated heterocycles. The highest BCUT2D eigenvalue weighted by Gasteiger charge is 2.25. The van der Waals surface area contributed by atoms with Gasteiger partial charge in [-0.25, -0.2) is 0 Å². The second-order valence-corrected chi connectivity index (χ2v) is 7.39. The van der Waals surface area contributed by atoms with Crippen LogP contribution in [0.15, 0.2) is 0 Å². The largest absolute Gasteiger partial charge is 0.370 e. The number of hydrogen-bond acceptors (Lipinski definition) is 1. The van der Waals surface area contributed by atoms with Crippen molar-refractivity contribution < 1.29 is 4.74 Å². The Labute approximate surface area is 96.6 Å². The van der Waals surface area contributed by atoms with Crippen LogP contribution < -0.4 is 0 Å². The summed E-state index contributed by atoms with van der Waals surface area (Å²) < 4.78 is 6.04. The minimum Gasteiger partial charge on any atom is -0.370 e. The molecule has 0 heterocycles. The van der Waals surface area contributed by atoms with Crippen molar-refractivity contribution >= 4 is 0 Å². The Kier molecular flexibility index (Phi) is 4.85. The van der Waals surface area contributed by atoms with E-state index in [1.54, 1.807) is 0 Å². The molecule has 0 radical (unpaired) electrons. The fraction of sp³-hybridized carbons (Fsp3) is 1.00. The Balaban J connectivity index is 3.95. The summed E-state index contributed by atoms with van der Waals surface area (Å²) in [7, 11) is 0. The van der Waals surface area contributed by atoms with Gasteiger partial charge in [0.25, 0.3) is 0 Å². The fourth-order valence-electron chi connectivity index (χ4n) is 1.92. The predicted octanol–water partition coefficient (Wildman–Crippen LogP) is 4.80. The highest BCUT2D eigenvalue weighted by atomic mass is 16.5. The summed E-state index contributed by atoms with van der Waals surface area (Å²) in [6, 6.07) is 0. The standard InChI is InChI=1S/C14H30O/c1-12(2,3)10-9-11-14(7,8)15-13(4,5)6/h9-11H2,1-8H3. The van der Waals surface area contributed by atoms with Crippen molar-refractivity contribution in [1.29, 1.82) is 0 Å². The van der Waals surface area contributed by atoms with Crippen LogP contribution in [0.2, 0.25) is 0 Å². The van der Waals surface area contributed by atoms with Gasteiger partial charge in [0.05, 0.1) is 11.2 Å². The normalized spacial score (nSPS) is 14.4. The van der Waals surface area contributed by atoms with Crippen LogP contribution in [0.25, 0.3) is 0 Å². The highest BCUT2D eigenvalue weighted by molar-refractivity contribution is 4.75. The van der Waals surface area contributed by atoms with Crippen molar-refractivity contribution in [2.45, 2.75) is 85.9 Å². The monoisotopic (exact) mass is 214 g/mol. The lowest BCUT2D eigenvalue weighted by atomic mass is 9.87. The zero-order valence-electron chi connectivity index (χ0n) is 12.0. The van der Waals surface area contributed by atoms with Gasteiger partial charge in [0, 0.05) is 0 Å². The molecule has 0 unspecified atom stereocenters. The van der Waals surface area contributed by atoms with Crippen LogP contribution in [0, 0.1) is 5.41 Å². The molecule has 0 fully saturated rings. The van der Waals surface area contributed by atoms with Crippen LogP contribution in [0.5, 0.6) is 0 Å². The third kappa shape index (κ3) is 10.2. The minimum atomic E-state index is -0.0365. The van der Waals surface area contributed by atoms with Gasteiger partial charge in [0.15, 0.2) is 0 Å². The van der Waals surface area contributed by atoms with Gasteiger partial charge in [-0.3, -0.25) is 0 Å². The van der Waals surface area contributed by atoms with Crippen molar-refractivity contribution in [3.05, 3.63) is 0 Å². The third-order valence-corrected chi connectivity index (χ3v) is 2.29.